The lowest BCUT2D eigenvalue weighted by molar-refractivity contribution is -0.126. The smallest absolute Gasteiger partial charge is 0.254 e. The van der Waals surface area contributed by atoms with Gasteiger partial charge in [-0.25, -0.2) is 0 Å². The van der Waals surface area contributed by atoms with Gasteiger partial charge < -0.3 is 19.7 Å². The molecule has 1 atom stereocenters. The number of rotatable bonds is 7. The molecule has 1 aliphatic heterocycles. The highest BCUT2D eigenvalue weighted by atomic mass is 16.5. The normalized spacial score (nSPS) is 15.4. The number of methoxy groups -OCH3 is 1. The lowest BCUT2D eigenvalue weighted by Gasteiger charge is -2.18. The maximum atomic E-state index is 12.8. The van der Waals surface area contributed by atoms with Gasteiger partial charge in [0, 0.05) is 24.7 Å². The molecule has 0 saturated carbocycles. The molecule has 1 heterocycles. The fraction of sp³-hybridized carbons (Fsp3) is 0.333. The number of aryl methyl sites for hydroxylation is 1. The molecule has 0 saturated heterocycles. The zero-order valence-electron chi connectivity index (χ0n) is 15.8. The predicted octanol–water partition coefficient (Wildman–Crippen LogP) is 3.00. The van der Waals surface area contributed by atoms with Crippen LogP contribution in [0.4, 0.5) is 5.69 Å². The number of nitrogens with zero attached hydrogens (tertiary/aromatic N) is 1. The Balaban J connectivity index is 1.62. The number of amides is 2. The zero-order chi connectivity index (χ0) is 19.4. The third kappa shape index (κ3) is 4.22. The minimum Gasteiger partial charge on any atom is -0.497 e. The van der Waals surface area contributed by atoms with E-state index in [9.17, 15) is 9.59 Å². The van der Waals surface area contributed by atoms with Crippen LogP contribution in [0.25, 0.3) is 0 Å². The number of carbonyl (C=O) groups excluding carboxylic acids is 2. The average molecular weight is 368 g/mol. The van der Waals surface area contributed by atoms with Gasteiger partial charge in [-0.1, -0.05) is 17.7 Å². The van der Waals surface area contributed by atoms with Crippen molar-refractivity contribution in [2.75, 3.05) is 25.2 Å². The molecular weight excluding hydrogens is 344 g/mol. The maximum absolute atomic E-state index is 12.8. The quantitative estimate of drug-likeness (QED) is 0.763. The lowest BCUT2D eigenvalue weighted by Crippen LogP contribution is -2.37. The van der Waals surface area contributed by atoms with Gasteiger partial charge in [0.25, 0.3) is 5.91 Å². The lowest BCUT2D eigenvalue weighted by atomic mass is 10.1. The summed E-state index contributed by atoms with van der Waals surface area (Å²) < 4.78 is 10.9. The minimum absolute atomic E-state index is 0.102. The van der Waals surface area contributed by atoms with Crippen LogP contribution in [0, 0.1) is 6.92 Å². The summed E-state index contributed by atoms with van der Waals surface area (Å²) in [7, 11) is 1.62. The Labute approximate surface area is 159 Å². The van der Waals surface area contributed by atoms with Crippen molar-refractivity contribution in [2.24, 2.45) is 0 Å². The van der Waals surface area contributed by atoms with Gasteiger partial charge in [0.05, 0.1) is 13.7 Å². The van der Waals surface area contributed by atoms with Crippen molar-refractivity contribution in [1.29, 1.82) is 0 Å². The summed E-state index contributed by atoms with van der Waals surface area (Å²) in [6.07, 6.45) is 0.678. The third-order valence-electron chi connectivity index (χ3n) is 4.50. The topological polar surface area (TPSA) is 67.9 Å². The molecule has 1 unspecified atom stereocenters. The van der Waals surface area contributed by atoms with Crippen LogP contribution in [0.5, 0.6) is 11.5 Å². The fourth-order valence-electron chi connectivity index (χ4n) is 3.22. The Morgan fingerprint density at radius 2 is 1.85 bits per heavy atom. The molecular formula is C21H24N2O4. The van der Waals surface area contributed by atoms with E-state index in [1.807, 2.05) is 49.4 Å². The van der Waals surface area contributed by atoms with E-state index in [1.165, 1.54) is 6.92 Å². The van der Waals surface area contributed by atoms with Gasteiger partial charge in [-0.2, -0.15) is 0 Å². The van der Waals surface area contributed by atoms with Gasteiger partial charge in [-0.05, 0) is 43.7 Å². The van der Waals surface area contributed by atoms with Crippen molar-refractivity contribution in [2.45, 2.75) is 26.3 Å². The van der Waals surface area contributed by atoms with Gasteiger partial charge in [0.15, 0.2) is 0 Å². The van der Waals surface area contributed by atoms with Crippen LogP contribution in [0.15, 0.2) is 42.5 Å². The number of carbonyl (C=O) groups is 2. The van der Waals surface area contributed by atoms with E-state index < -0.39 is 6.04 Å². The summed E-state index contributed by atoms with van der Waals surface area (Å²) in [5, 5.41) is 2.76. The minimum atomic E-state index is -0.611. The Hall–Kier alpha value is -3.02. The SMILES string of the molecule is COc1ccc(OCCCN2C(=O)C(NC(C)=O)c3cc(C)ccc32)cc1. The van der Waals surface area contributed by atoms with Crippen molar-refractivity contribution in [1.82, 2.24) is 5.32 Å². The van der Waals surface area contributed by atoms with E-state index in [4.69, 9.17) is 9.47 Å². The first-order chi connectivity index (χ1) is 13.0. The first-order valence-corrected chi connectivity index (χ1v) is 8.95. The number of anilines is 1. The van der Waals surface area contributed by atoms with E-state index in [2.05, 4.69) is 5.32 Å². The second kappa shape index (κ2) is 8.12. The van der Waals surface area contributed by atoms with Crippen LogP contribution < -0.4 is 19.7 Å². The standard InChI is InChI=1S/C21H24N2O4/c1-14-5-10-19-18(13-14)20(22-15(2)24)21(25)23(19)11-4-12-27-17-8-6-16(26-3)7-9-17/h5-10,13,20H,4,11-12H2,1-3H3,(H,22,24). The number of hydrogen-bond acceptors (Lipinski definition) is 4. The van der Waals surface area contributed by atoms with Gasteiger partial charge in [-0.15, -0.1) is 0 Å². The monoisotopic (exact) mass is 368 g/mol. The molecule has 1 N–H and O–H groups in total. The van der Waals surface area contributed by atoms with Crippen molar-refractivity contribution >= 4 is 17.5 Å². The first-order valence-electron chi connectivity index (χ1n) is 8.95. The molecule has 0 aromatic heterocycles. The maximum Gasteiger partial charge on any atom is 0.254 e. The third-order valence-corrected chi connectivity index (χ3v) is 4.50. The highest BCUT2D eigenvalue weighted by molar-refractivity contribution is 6.06. The first kappa shape index (κ1) is 18.8. The van der Waals surface area contributed by atoms with E-state index in [1.54, 1.807) is 12.0 Å². The second-order valence-electron chi connectivity index (χ2n) is 6.56. The largest absolute Gasteiger partial charge is 0.497 e. The number of fused-ring (bicyclic) bond motifs is 1. The van der Waals surface area contributed by atoms with Crippen molar-refractivity contribution in [3.05, 3.63) is 53.6 Å². The summed E-state index contributed by atoms with van der Waals surface area (Å²) in [4.78, 5) is 26.0. The number of ether oxygens (including phenoxy) is 2. The van der Waals surface area contributed by atoms with Crippen LogP contribution in [0.1, 0.15) is 30.5 Å². The summed E-state index contributed by atoms with van der Waals surface area (Å²) in [5.41, 5.74) is 2.77. The molecule has 3 rings (SSSR count). The molecule has 0 bridgehead atoms. The van der Waals surface area contributed by atoms with E-state index in [0.29, 0.717) is 19.6 Å². The summed E-state index contributed by atoms with van der Waals surface area (Å²) >= 11 is 0. The molecule has 2 aromatic carbocycles. The van der Waals surface area contributed by atoms with Crippen LogP contribution in [0.3, 0.4) is 0 Å². The predicted molar refractivity (Wildman–Crippen MR) is 103 cm³/mol. The summed E-state index contributed by atoms with van der Waals surface area (Å²) in [6, 6.07) is 12.7. The average Bonchev–Trinajstić information content (AvgIpc) is 2.90. The molecule has 27 heavy (non-hydrogen) atoms. The molecule has 2 aromatic rings. The molecule has 0 spiro atoms. The van der Waals surface area contributed by atoms with Crippen molar-refractivity contribution in [3.63, 3.8) is 0 Å². The molecule has 2 amide bonds. The fourth-order valence-corrected chi connectivity index (χ4v) is 3.22. The van der Waals surface area contributed by atoms with Crippen molar-refractivity contribution < 1.29 is 19.1 Å². The number of nitrogens with one attached hydrogen (secondary N) is 1. The van der Waals surface area contributed by atoms with Crippen molar-refractivity contribution in [3.8, 4) is 11.5 Å². The number of benzene rings is 2. The zero-order valence-corrected chi connectivity index (χ0v) is 15.8. The Bertz CT molecular complexity index is 833. The second-order valence-corrected chi connectivity index (χ2v) is 6.56. The molecule has 0 radical (unpaired) electrons. The highest BCUT2D eigenvalue weighted by Crippen LogP contribution is 2.36. The molecule has 6 heteroatoms. The Kier molecular flexibility index (Phi) is 5.64. The van der Waals surface area contributed by atoms with Crippen LogP contribution in [0.2, 0.25) is 0 Å². The van der Waals surface area contributed by atoms with Gasteiger partial charge in [0.1, 0.15) is 17.5 Å². The van der Waals surface area contributed by atoms with Crippen LogP contribution in [-0.2, 0) is 9.59 Å². The molecule has 0 fully saturated rings. The Morgan fingerprint density at radius 1 is 1.15 bits per heavy atom. The van der Waals surface area contributed by atoms with E-state index in [-0.39, 0.29) is 11.8 Å². The Morgan fingerprint density at radius 3 is 2.52 bits per heavy atom. The van der Waals surface area contributed by atoms with E-state index >= 15 is 0 Å². The molecule has 1 aliphatic rings. The van der Waals surface area contributed by atoms with Crippen LogP contribution in [-0.4, -0.2) is 32.1 Å². The summed E-state index contributed by atoms with van der Waals surface area (Å²) in [5.74, 6) is 1.22. The highest BCUT2D eigenvalue weighted by Gasteiger charge is 2.37. The van der Waals surface area contributed by atoms with Gasteiger partial charge in [-0.3, -0.25) is 9.59 Å². The molecule has 142 valence electrons. The molecule has 6 nitrogen and oxygen atoms in total. The van der Waals surface area contributed by atoms with Gasteiger partial charge >= 0.3 is 0 Å². The number of hydrogen-bond donors (Lipinski definition) is 1. The van der Waals surface area contributed by atoms with E-state index in [0.717, 1.165) is 28.3 Å². The van der Waals surface area contributed by atoms with Gasteiger partial charge in [0.2, 0.25) is 5.91 Å². The molecule has 0 aliphatic carbocycles. The summed E-state index contributed by atoms with van der Waals surface area (Å²) in [6.45, 7) is 4.41. The van der Waals surface area contributed by atoms with Crippen LogP contribution >= 0.6 is 0 Å².